The van der Waals surface area contributed by atoms with Gasteiger partial charge in [0.15, 0.2) is 0 Å². The van der Waals surface area contributed by atoms with E-state index < -0.39 is 12.3 Å². The minimum absolute atomic E-state index is 0.441. The maximum Gasteiger partial charge on any atom is 0.138 e. The van der Waals surface area contributed by atoms with Gasteiger partial charge in [0.25, 0.3) is 0 Å². The maximum atomic E-state index is 6.02. The first-order chi connectivity index (χ1) is 11.1. The summed E-state index contributed by atoms with van der Waals surface area (Å²) in [6, 6.07) is 0.448. The summed E-state index contributed by atoms with van der Waals surface area (Å²) in [7, 11) is 0. The molecule has 0 aromatic carbocycles. The van der Waals surface area contributed by atoms with Gasteiger partial charge in [-0.05, 0) is 12.8 Å². The maximum absolute atomic E-state index is 6.02. The van der Waals surface area contributed by atoms with E-state index in [1.54, 1.807) is 17.7 Å². The monoisotopic (exact) mass is 335 g/mol. The fourth-order valence-corrected chi connectivity index (χ4v) is 4.53. The average Bonchev–Trinajstić information content (AvgIpc) is 2.86. The summed E-state index contributed by atoms with van der Waals surface area (Å²) in [4.78, 5) is 10.7. The molecule has 0 aliphatic heterocycles. The second kappa shape index (κ2) is 7.06. The number of fused-ring (bicyclic) bond motifs is 1. The number of nitrogens with two attached hydrogens (primary N) is 4. The first kappa shape index (κ1) is 16.5. The van der Waals surface area contributed by atoms with E-state index in [4.69, 9.17) is 22.9 Å². The molecule has 0 bridgehead atoms. The van der Waals surface area contributed by atoms with Crippen LogP contribution in [0.25, 0.3) is 10.2 Å². The zero-order valence-electron chi connectivity index (χ0n) is 13.2. The van der Waals surface area contributed by atoms with Gasteiger partial charge in [-0.1, -0.05) is 19.3 Å². The molecular formula is C15H25N7S. The largest absolute Gasteiger partial charge is 0.367 e. The summed E-state index contributed by atoms with van der Waals surface area (Å²) < 4.78 is 0. The number of hydrogen-bond acceptors (Lipinski definition) is 8. The topological polar surface area (TPSA) is 142 Å². The van der Waals surface area contributed by atoms with E-state index in [9.17, 15) is 0 Å². The number of anilines is 1. The van der Waals surface area contributed by atoms with E-state index in [1.165, 1.54) is 32.1 Å². The Kier molecular flexibility index (Phi) is 5.08. The zero-order chi connectivity index (χ0) is 16.4. The summed E-state index contributed by atoms with van der Waals surface area (Å²) in [6.07, 6.45) is 7.23. The third-order valence-electron chi connectivity index (χ3n) is 4.30. The molecular weight excluding hydrogens is 310 g/mol. The first-order valence-corrected chi connectivity index (χ1v) is 8.93. The molecule has 1 aliphatic carbocycles. The van der Waals surface area contributed by atoms with Gasteiger partial charge in [0, 0.05) is 22.9 Å². The fourth-order valence-electron chi connectivity index (χ4n) is 3.27. The number of nitrogens with one attached hydrogen (secondary N) is 1. The number of aromatic nitrogens is 2. The van der Waals surface area contributed by atoms with Gasteiger partial charge in [-0.3, -0.25) is 0 Å². The first-order valence-electron chi connectivity index (χ1n) is 8.11. The van der Waals surface area contributed by atoms with Gasteiger partial charge in [0.1, 0.15) is 17.0 Å². The van der Waals surface area contributed by atoms with Crippen LogP contribution < -0.4 is 28.3 Å². The summed E-state index contributed by atoms with van der Waals surface area (Å²) in [5.41, 5.74) is 24.4. The standard InChI is InChI=1S/C15H25N7S/c16-10(17)6-9-11(13(18)19)12-14(20-7-21-15(12)23-9)22-8-4-2-1-3-5-8/h7-8,10,13H,1-6,16-19H2,(H,20,21,22). The van der Waals surface area contributed by atoms with E-state index in [0.29, 0.717) is 12.5 Å². The molecule has 2 heterocycles. The molecule has 23 heavy (non-hydrogen) atoms. The molecule has 0 atom stereocenters. The van der Waals surface area contributed by atoms with E-state index in [0.717, 1.165) is 26.5 Å². The Balaban J connectivity index is 2.02. The third-order valence-corrected chi connectivity index (χ3v) is 5.44. The minimum Gasteiger partial charge on any atom is -0.367 e. The quantitative estimate of drug-likeness (QED) is 0.516. The van der Waals surface area contributed by atoms with Crippen molar-refractivity contribution < 1.29 is 0 Å². The summed E-state index contributed by atoms with van der Waals surface area (Å²) >= 11 is 1.55. The minimum atomic E-state index is -0.601. The lowest BCUT2D eigenvalue weighted by Gasteiger charge is -2.24. The van der Waals surface area contributed by atoms with Crippen LogP contribution >= 0.6 is 11.3 Å². The average molecular weight is 335 g/mol. The molecule has 2 aromatic heterocycles. The Labute approximate surface area is 139 Å². The molecule has 0 spiro atoms. The van der Waals surface area contributed by atoms with Crippen molar-refractivity contribution in [3.63, 3.8) is 0 Å². The predicted octanol–water partition coefficient (Wildman–Crippen LogP) is 1.14. The van der Waals surface area contributed by atoms with Crippen molar-refractivity contribution in [2.24, 2.45) is 22.9 Å². The van der Waals surface area contributed by atoms with Gasteiger partial charge in [-0.2, -0.15) is 0 Å². The molecule has 7 nitrogen and oxygen atoms in total. The molecule has 1 saturated carbocycles. The van der Waals surface area contributed by atoms with E-state index in [2.05, 4.69) is 15.3 Å². The van der Waals surface area contributed by atoms with Gasteiger partial charge in [-0.15, -0.1) is 11.3 Å². The number of rotatable bonds is 5. The van der Waals surface area contributed by atoms with Crippen molar-refractivity contribution in [3.8, 4) is 0 Å². The zero-order valence-corrected chi connectivity index (χ0v) is 14.0. The van der Waals surface area contributed by atoms with Crippen molar-refractivity contribution >= 4 is 27.4 Å². The van der Waals surface area contributed by atoms with Crippen molar-refractivity contribution in [1.29, 1.82) is 0 Å². The highest BCUT2D eigenvalue weighted by Gasteiger charge is 2.22. The Morgan fingerprint density at radius 1 is 1.13 bits per heavy atom. The van der Waals surface area contributed by atoms with Crippen LogP contribution in [-0.4, -0.2) is 22.2 Å². The van der Waals surface area contributed by atoms with Gasteiger partial charge in [-0.25, -0.2) is 9.97 Å². The Bertz CT molecular complexity index is 661. The summed E-state index contributed by atoms with van der Waals surface area (Å²) in [5.74, 6) is 0.825. The molecule has 1 aliphatic rings. The number of hydrogen-bond donors (Lipinski definition) is 5. The van der Waals surface area contributed by atoms with E-state index >= 15 is 0 Å². The molecule has 0 amide bonds. The molecule has 126 valence electrons. The van der Waals surface area contributed by atoms with Crippen molar-refractivity contribution in [3.05, 3.63) is 16.8 Å². The number of nitrogens with zero attached hydrogens (tertiary/aromatic N) is 2. The smallest absolute Gasteiger partial charge is 0.138 e. The Morgan fingerprint density at radius 3 is 2.52 bits per heavy atom. The van der Waals surface area contributed by atoms with Gasteiger partial charge < -0.3 is 28.3 Å². The van der Waals surface area contributed by atoms with Crippen LogP contribution in [0.1, 0.15) is 48.7 Å². The van der Waals surface area contributed by atoms with Crippen molar-refractivity contribution in [2.75, 3.05) is 5.32 Å². The lowest BCUT2D eigenvalue weighted by atomic mass is 9.95. The Morgan fingerprint density at radius 2 is 1.87 bits per heavy atom. The Hall–Kier alpha value is -1.32. The highest BCUT2D eigenvalue weighted by molar-refractivity contribution is 7.19. The summed E-state index contributed by atoms with van der Waals surface area (Å²) in [5, 5.41) is 4.49. The fraction of sp³-hybridized carbons (Fsp3) is 0.600. The molecule has 1 fully saturated rings. The van der Waals surface area contributed by atoms with Crippen LogP contribution in [-0.2, 0) is 6.42 Å². The normalized spacial score (nSPS) is 16.6. The van der Waals surface area contributed by atoms with Crippen LogP contribution in [0.5, 0.6) is 0 Å². The predicted molar refractivity (Wildman–Crippen MR) is 94.9 cm³/mol. The number of thiophene rings is 1. The third kappa shape index (κ3) is 3.61. The lowest BCUT2D eigenvalue weighted by molar-refractivity contribution is 0.462. The van der Waals surface area contributed by atoms with Crippen LogP contribution in [0.15, 0.2) is 6.33 Å². The van der Waals surface area contributed by atoms with Gasteiger partial charge in [0.2, 0.25) is 0 Å². The lowest BCUT2D eigenvalue weighted by Crippen LogP contribution is -2.33. The van der Waals surface area contributed by atoms with Crippen LogP contribution in [0.2, 0.25) is 0 Å². The SMILES string of the molecule is NC(N)Cc1sc2ncnc(NC3CCCCC3)c2c1C(N)N. The van der Waals surface area contributed by atoms with Crippen molar-refractivity contribution in [2.45, 2.75) is 56.9 Å². The molecule has 0 saturated heterocycles. The molecule has 2 aromatic rings. The molecule has 0 unspecified atom stereocenters. The van der Waals surface area contributed by atoms with Crippen LogP contribution in [0.4, 0.5) is 5.82 Å². The second-order valence-electron chi connectivity index (χ2n) is 6.21. The molecule has 9 N–H and O–H groups in total. The van der Waals surface area contributed by atoms with Gasteiger partial charge >= 0.3 is 0 Å². The molecule has 0 radical (unpaired) electrons. The van der Waals surface area contributed by atoms with Crippen LogP contribution in [0.3, 0.4) is 0 Å². The summed E-state index contributed by atoms with van der Waals surface area (Å²) in [6.45, 7) is 0. The molecule has 3 rings (SSSR count). The van der Waals surface area contributed by atoms with Crippen LogP contribution in [0, 0.1) is 0 Å². The van der Waals surface area contributed by atoms with E-state index in [-0.39, 0.29) is 0 Å². The van der Waals surface area contributed by atoms with Crippen molar-refractivity contribution in [1.82, 2.24) is 9.97 Å². The molecule has 8 heteroatoms. The second-order valence-corrected chi connectivity index (χ2v) is 7.30. The highest BCUT2D eigenvalue weighted by Crippen LogP contribution is 2.37. The van der Waals surface area contributed by atoms with Gasteiger partial charge in [0.05, 0.1) is 17.7 Å². The highest BCUT2D eigenvalue weighted by atomic mass is 32.1. The van der Waals surface area contributed by atoms with E-state index in [1.807, 2.05) is 0 Å².